The smallest absolute Gasteiger partial charge is 0.167 e. The highest BCUT2D eigenvalue weighted by Gasteiger charge is 2.36. The van der Waals surface area contributed by atoms with Gasteiger partial charge in [-0.05, 0) is 24.3 Å². The molecule has 136 valence electrons. The standard InChI is InChI=1S/C17H19N5O3S/c1-24-10-2-4-12(5-3-10)26-7-11-6-13(23)17(25-11)22-9-21-14-15(18)19-8-20-16(14)22/h2-5,8-9,11,13,17,23H,6-7H2,1H3,(H2,18,19,20)/t11-,13+,17+/m0/s1. The first-order valence-corrected chi connectivity index (χ1v) is 9.17. The Bertz CT molecular complexity index is 901. The summed E-state index contributed by atoms with van der Waals surface area (Å²) in [5, 5.41) is 10.5. The number of aromatic nitrogens is 4. The van der Waals surface area contributed by atoms with E-state index in [1.54, 1.807) is 29.8 Å². The van der Waals surface area contributed by atoms with E-state index in [1.165, 1.54) is 6.33 Å². The molecule has 0 amide bonds. The van der Waals surface area contributed by atoms with E-state index in [1.807, 2.05) is 24.3 Å². The number of hydrogen-bond acceptors (Lipinski definition) is 8. The van der Waals surface area contributed by atoms with E-state index in [-0.39, 0.29) is 6.10 Å². The highest BCUT2D eigenvalue weighted by Crippen LogP contribution is 2.34. The van der Waals surface area contributed by atoms with Crippen molar-refractivity contribution in [3.63, 3.8) is 0 Å². The molecule has 0 saturated carbocycles. The predicted molar refractivity (Wildman–Crippen MR) is 98.0 cm³/mol. The van der Waals surface area contributed by atoms with Gasteiger partial charge in [0.05, 0.1) is 19.5 Å². The van der Waals surface area contributed by atoms with Crippen LogP contribution in [0.3, 0.4) is 0 Å². The topological polar surface area (TPSA) is 108 Å². The largest absolute Gasteiger partial charge is 0.497 e. The molecule has 1 aromatic carbocycles. The third-order valence-electron chi connectivity index (χ3n) is 4.32. The number of anilines is 1. The van der Waals surface area contributed by atoms with Gasteiger partial charge >= 0.3 is 0 Å². The number of aliphatic hydroxyl groups excluding tert-OH is 1. The van der Waals surface area contributed by atoms with Crippen LogP contribution in [0, 0.1) is 0 Å². The number of nitrogens with zero attached hydrogens (tertiary/aromatic N) is 4. The number of rotatable bonds is 5. The van der Waals surface area contributed by atoms with Crippen LogP contribution in [0.5, 0.6) is 5.75 Å². The first-order chi connectivity index (χ1) is 12.7. The molecule has 0 aliphatic carbocycles. The summed E-state index contributed by atoms with van der Waals surface area (Å²) in [5.41, 5.74) is 6.89. The fraction of sp³-hybridized carbons (Fsp3) is 0.353. The van der Waals surface area contributed by atoms with Crippen LogP contribution in [0.4, 0.5) is 5.82 Å². The van der Waals surface area contributed by atoms with Gasteiger partial charge in [-0.25, -0.2) is 15.0 Å². The molecule has 0 bridgehead atoms. The monoisotopic (exact) mass is 373 g/mol. The van der Waals surface area contributed by atoms with Crippen LogP contribution in [0.1, 0.15) is 12.6 Å². The molecule has 3 N–H and O–H groups in total. The van der Waals surface area contributed by atoms with E-state index < -0.39 is 12.3 Å². The lowest BCUT2D eigenvalue weighted by Gasteiger charge is -2.16. The molecule has 0 spiro atoms. The van der Waals surface area contributed by atoms with Crippen molar-refractivity contribution in [2.45, 2.75) is 29.8 Å². The summed E-state index contributed by atoms with van der Waals surface area (Å²) < 4.78 is 12.9. The Hall–Kier alpha value is -2.36. The number of nitrogens with two attached hydrogens (primary N) is 1. The zero-order valence-electron chi connectivity index (χ0n) is 14.1. The number of imidazole rings is 1. The fourth-order valence-electron chi connectivity index (χ4n) is 3.00. The summed E-state index contributed by atoms with van der Waals surface area (Å²) in [4.78, 5) is 13.5. The van der Waals surface area contributed by atoms with Crippen LogP contribution in [0.25, 0.3) is 11.2 Å². The van der Waals surface area contributed by atoms with E-state index in [2.05, 4.69) is 15.0 Å². The summed E-state index contributed by atoms with van der Waals surface area (Å²) in [7, 11) is 1.65. The van der Waals surface area contributed by atoms with Crippen molar-refractivity contribution >= 4 is 28.7 Å². The average molecular weight is 373 g/mol. The maximum absolute atomic E-state index is 10.5. The van der Waals surface area contributed by atoms with Crippen molar-refractivity contribution < 1.29 is 14.6 Å². The second kappa shape index (κ2) is 7.10. The Labute approximate surface area is 154 Å². The molecule has 1 saturated heterocycles. The van der Waals surface area contributed by atoms with E-state index in [4.69, 9.17) is 15.2 Å². The molecular weight excluding hydrogens is 354 g/mol. The van der Waals surface area contributed by atoms with Crippen molar-refractivity contribution in [3.8, 4) is 5.75 Å². The minimum atomic E-state index is -0.634. The molecular formula is C17H19N5O3S. The van der Waals surface area contributed by atoms with Crippen molar-refractivity contribution in [3.05, 3.63) is 36.9 Å². The predicted octanol–water partition coefficient (Wildman–Crippen LogP) is 1.86. The SMILES string of the molecule is COc1ccc(SC[C@@H]2C[C@@H](O)[C@H](n3cnc4c(N)ncnc43)O2)cc1. The van der Waals surface area contributed by atoms with Crippen molar-refractivity contribution in [2.75, 3.05) is 18.6 Å². The van der Waals surface area contributed by atoms with E-state index in [9.17, 15) is 5.11 Å². The Morgan fingerprint density at radius 2 is 2.12 bits per heavy atom. The third kappa shape index (κ3) is 3.20. The average Bonchev–Trinajstić information content (AvgIpc) is 3.24. The zero-order chi connectivity index (χ0) is 18.1. The Balaban J connectivity index is 1.44. The van der Waals surface area contributed by atoms with Gasteiger partial charge in [-0.2, -0.15) is 0 Å². The summed E-state index contributed by atoms with van der Waals surface area (Å²) >= 11 is 1.68. The quantitative estimate of drug-likeness (QED) is 0.653. The Morgan fingerprint density at radius 3 is 2.88 bits per heavy atom. The molecule has 8 nitrogen and oxygen atoms in total. The van der Waals surface area contributed by atoms with Gasteiger partial charge in [0.1, 0.15) is 23.7 Å². The van der Waals surface area contributed by atoms with Gasteiger partial charge in [0, 0.05) is 17.1 Å². The van der Waals surface area contributed by atoms with Crippen LogP contribution < -0.4 is 10.5 Å². The highest BCUT2D eigenvalue weighted by atomic mass is 32.2. The van der Waals surface area contributed by atoms with Crippen molar-refractivity contribution in [1.29, 1.82) is 0 Å². The molecule has 4 rings (SSSR count). The molecule has 9 heteroatoms. The summed E-state index contributed by atoms with van der Waals surface area (Å²) in [6, 6.07) is 7.87. The molecule has 1 aliphatic rings. The molecule has 2 aromatic heterocycles. The number of thioether (sulfide) groups is 1. The fourth-order valence-corrected chi connectivity index (χ4v) is 3.93. The van der Waals surface area contributed by atoms with Crippen LogP contribution in [-0.4, -0.2) is 49.7 Å². The second-order valence-corrected chi connectivity index (χ2v) is 7.11. The van der Waals surface area contributed by atoms with Crippen LogP contribution in [0.2, 0.25) is 0 Å². The van der Waals surface area contributed by atoms with E-state index in [0.29, 0.717) is 23.4 Å². The van der Waals surface area contributed by atoms with Gasteiger partial charge < -0.3 is 20.3 Å². The first-order valence-electron chi connectivity index (χ1n) is 8.19. The van der Waals surface area contributed by atoms with Gasteiger partial charge in [-0.1, -0.05) is 0 Å². The number of ether oxygens (including phenoxy) is 2. The minimum absolute atomic E-state index is 0.0706. The molecule has 0 radical (unpaired) electrons. The number of methoxy groups -OCH3 is 1. The Morgan fingerprint density at radius 1 is 1.31 bits per heavy atom. The number of fused-ring (bicyclic) bond motifs is 1. The maximum atomic E-state index is 10.5. The molecule has 1 aliphatic heterocycles. The zero-order valence-corrected chi connectivity index (χ0v) is 15.0. The van der Waals surface area contributed by atoms with Gasteiger partial charge in [0.25, 0.3) is 0 Å². The van der Waals surface area contributed by atoms with Crippen molar-refractivity contribution in [1.82, 2.24) is 19.5 Å². The van der Waals surface area contributed by atoms with E-state index in [0.717, 1.165) is 16.4 Å². The van der Waals surface area contributed by atoms with E-state index >= 15 is 0 Å². The molecule has 0 unspecified atom stereocenters. The summed E-state index contributed by atoms with van der Waals surface area (Å²) in [6.07, 6.45) is 2.28. The van der Waals surface area contributed by atoms with Gasteiger partial charge in [-0.15, -0.1) is 11.8 Å². The normalized spacial score (nSPS) is 22.8. The second-order valence-electron chi connectivity index (χ2n) is 6.02. The molecule has 3 aromatic rings. The summed E-state index contributed by atoms with van der Waals surface area (Å²) in [5.74, 6) is 1.88. The number of benzene rings is 1. The molecule has 3 heterocycles. The number of nitrogen functional groups attached to an aromatic ring is 1. The third-order valence-corrected chi connectivity index (χ3v) is 5.47. The molecule has 1 fully saturated rings. The van der Waals surface area contributed by atoms with Crippen LogP contribution in [-0.2, 0) is 4.74 Å². The summed E-state index contributed by atoms with van der Waals surface area (Å²) in [6.45, 7) is 0. The lowest BCUT2D eigenvalue weighted by Crippen LogP contribution is -2.19. The Kier molecular flexibility index (Phi) is 4.66. The first kappa shape index (κ1) is 17.1. The maximum Gasteiger partial charge on any atom is 0.167 e. The van der Waals surface area contributed by atoms with Crippen LogP contribution in [0.15, 0.2) is 41.8 Å². The van der Waals surface area contributed by atoms with Crippen LogP contribution >= 0.6 is 11.8 Å². The lowest BCUT2D eigenvalue weighted by atomic mass is 10.2. The minimum Gasteiger partial charge on any atom is -0.497 e. The highest BCUT2D eigenvalue weighted by molar-refractivity contribution is 7.99. The molecule has 26 heavy (non-hydrogen) atoms. The molecule has 3 atom stereocenters. The van der Waals surface area contributed by atoms with Crippen molar-refractivity contribution in [2.24, 2.45) is 0 Å². The van der Waals surface area contributed by atoms with Gasteiger partial charge in [0.15, 0.2) is 17.7 Å². The van der Waals surface area contributed by atoms with Gasteiger partial charge in [-0.3, -0.25) is 4.57 Å². The number of aliphatic hydroxyl groups is 1. The lowest BCUT2D eigenvalue weighted by molar-refractivity contribution is -0.0285. The number of hydrogen-bond donors (Lipinski definition) is 2. The van der Waals surface area contributed by atoms with Gasteiger partial charge in [0.2, 0.25) is 0 Å².